The maximum atomic E-state index is 4.52. The van der Waals surface area contributed by atoms with Gasteiger partial charge in [-0.3, -0.25) is 19.9 Å². The quantitative estimate of drug-likeness (QED) is 0.562. The van der Waals surface area contributed by atoms with Crippen molar-refractivity contribution in [2.24, 2.45) is 0 Å². The van der Waals surface area contributed by atoms with Crippen molar-refractivity contribution in [2.45, 2.75) is 6.92 Å². The lowest BCUT2D eigenvalue weighted by Gasteiger charge is -2.13. The Morgan fingerprint density at radius 3 is 1.62 bits per heavy atom. The van der Waals surface area contributed by atoms with Gasteiger partial charge in [0.15, 0.2) is 0 Å². The van der Waals surface area contributed by atoms with Crippen molar-refractivity contribution in [1.29, 1.82) is 0 Å². The van der Waals surface area contributed by atoms with Crippen LogP contribution in [0.15, 0.2) is 49.1 Å². The van der Waals surface area contributed by atoms with E-state index < -0.39 is 0 Å². The van der Waals surface area contributed by atoms with Crippen molar-refractivity contribution in [1.82, 2.24) is 19.9 Å². The third-order valence-electron chi connectivity index (χ3n) is 4.02. The highest BCUT2D eigenvalue weighted by Crippen LogP contribution is 2.33. The molecule has 2 aromatic heterocycles. The lowest BCUT2D eigenvalue weighted by atomic mass is 10.1. The van der Waals surface area contributed by atoms with Crippen molar-refractivity contribution in [3.63, 3.8) is 0 Å². The SMILES string of the molecule is CNc1ccc(Nc2c3nccnc3c(C)c3nccnc23)cc1. The predicted molar refractivity (Wildman–Crippen MR) is 96.6 cm³/mol. The van der Waals surface area contributed by atoms with E-state index in [9.17, 15) is 0 Å². The first-order chi connectivity index (χ1) is 11.8. The van der Waals surface area contributed by atoms with Gasteiger partial charge < -0.3 is 10.6 Å². The fourth-order valence-corrected chi connectivity index (χ4v) is 2.80. The number of hydrogen-bond acceptors (Lipinski definition) is 6. The molecule has 6 nitrogen and oxygen atoms in total. The molecule has 2 heterocycles. The molecule has 2 N–H and O–H groups in total. The van der Waals surface area contributed by atoms with Crippen molar-refractivity contribution in [3.8, 4) is 0 Å². The van der Waals surface area contributed by atoms with Crippen LogP contribution in [0.1, 0.15) is 5.56 Å². The average molecular weight is 316 g/mol. The minimum Gasteiger partial charge on any atom is -0.388 e. The highest BCUT2D eigenvalue weighted by Gasteiger charge is 2.15. The van der Waals surface area contributed by atoms with Crippen LogP contribution in [0, 0.1) is 6.92 Å². The molecular weight excluding hydrogens is 300 g/mol. The Morgan fingerprint density at radius 1 is 0.667 bits per heavy atom. The van der Waals surface area contributed by atoms with Crippen LogP contribution >= 0.6 is 0 Å². The summed E-state index contributed by atoms with van der Waals surface area (Å²) < 4.78 is 0. The second-order valence-corrected chi connectivity index (χ2v) is 5.46. The van der Waals surface area contributed by atoms with E-state index in [1.165, 1.54) is 0 Å². The number of benzene rings is 2. The van der Waals surface area contributed by atoms with Gasteiger partial charge in [0, 0.05) is 48.8 Å². The molecular formula is C18H16N6. The Kier molecular flexibility index (Phi) is 3.42. The van der Waals surface area contributed by atoms with Crippen molar-refractivity contribution in [2.75, 3.05) is 17.7 Å². The molecule has 0 fully saturated rings. The summed E-state index contributed by atoms with van der Waals surface area (Å²) in [7, 11) is 1.90. The monoisotopic (exact) mass is 316 g/mol. The fraction of sp³-hybridized carbons (Fsp3) is 0.111. The zero-order valence-electron chi connectivity index (χ0n) is 13.4. The van der Waals surface area contributed by atoms with Crippen LogP contribution in [0.5, 0.6) is 0 Å². The first kappa shape index (κ1) is 14.3. The summed E-state index contributed by atoms with van der Waals surface area (Å²) in [4.78, 5) is 18.0. The normalized spacial score (nSPS) is 10.9. The molecule has 2 aromatic carbocycles. The van der Waals surface area contributed by atoms with Gasteiger partial charge >= 0.3 is 0 Å². The molecule has 118 valence electrons. The summed E-state index contributed by atoms with van der Waals surface area (Å²) in [5.74, 6) is 0. The van der Waals surface area contributed by atoms with E-state index in [0.717, 1.165) is 44.7 Å². The van der Waals surface area contributed by atoms with Crippen LogP contribution in [0.3, 0.4) is 0 Å². The molecule has 0 saturated heterocycles. The van der Waals surface area contributed by atoms with Gasteiger partial charge in [0.25, 0.3) is 0 Å². The van der Waals surface area contributed by atoms with Gasteiger partial charge in [-0.15, -0.1) is 0 Å². The third kappa shape index (κ3) is 2.28. The Balaban J connectivity index is 1.95. The van der Waals surface area contributed by atoms with E-state index in [2.05, 4.69) is 30.6 Å². The average Bonchev–Trinajstić information content (AvgIpc) is 2.65. The first-order valence-corrected chi connectivity index (χ1v) is 7.67. The molecule has 4 aromatic rings. The Hall–Kier alpha value is -3.28. The lowest BCUT2D eigenvalue weighted by Crippen LogP contribution is -2.00. The molecule has 0 spiro atoms. The first-order valence-electron chi connectivity index (χ1n) is 7.67. The van der Waals surface area contributed by atoms with Crippen LogP contribution in [-0.4, -0.2) is 27.0 Å². The van der Waals surface area contributed by atoms with Gasteiger partial charge in [0.2, 0.25) is 0 Å². The Labute approximate surface area is 139 Å². The molecule has 0 saturated carbocycles. The van der Waals surface area contributed by atoms with Crippen LogP contribution in [0.4, 0.5) is 17.1 Å². The van der Waals surface area contributed by atoms with E-state index in [0.29, 0.717) is 0 Å². The van der Waals surface area contributed by atoms with Gasteiger partial charge in [-0.1, -0.05) is 0 Å². The molecule has 24 heavy (non-hydrogen) atoms. The molecule has 0 aliphatic carbocycles. The second-order valence-electron chi connectivity index (χ2n) is 5.46. The van der Waals surface area contributed by atoms with Gasteiger partial charge in [0.05, 0.1) is 16.7 Å². The van der Waals surface area contributed by atoms with Gasteiger partial charge in [-0.25, -0.2) is 0 Å². The van der Waals surface area contributed by atoms with E-state index in [1.807, 2.05) is 38.2 Å². The van der Waals surface area contributed by atoms with Gasteiger partial charge in [-0.2, -0.15) is 0 Å². The van der Waals surface area contributed by atoms with E-state index in [1.54, 1.807) is 24.8 Å². The summed E-state index contributed by atoms with van der Waals surface area (Å²) in [6.45, 7) is 2.00. The smallest absolute Gasteiger partial charge is 0.115 e. The molecule has 6 heteroatoms. The van der Waals surface area contributed by atoms with Crippen LogP contribution < -0.4 is 10.6 Å². The highest BCUT2D eigenvalue weighted by atomic mass is 14.9. The molecule has 0 amide bonds. The molecule has 0 bridgehead atoms. The van der Waals surface area contributed by atoms with Crippen LogP contribution in [0.25, 0.3) is 22.1 Å². The largest absolute Gasteiger partial charge is 0.388 e. The molecule has 0 atom stereocenters. The molecule has 0 unspecified atom stereocenters. The Bertz CT molecular complexity index is 970. The van der Waals surface area contributed by atoms with E-state index >= 15 is 0 Å². The third-order valence-corrected chi connectivity index (χ3v) is 4.02. The lowest BCUT2D eigenvalue weighted by molar-refractivity contribution is 1.24. The number of nitrogens with zero attached hydrogens (tertiary/aromatic N) is 4. The maximum Gasteiger partial charge on any atom is 0.115 e. The number of nitrogens with one attached hydrogen (secondary N) is 2. The minimum absolute atomic E-state index is 0.792. The maximum absolute atomic E-state index is 4.52. The van der Waals surface area contributed by atoms with E-state index in [-0.39, 0.29) is 0 Å². The van der Waals surface area contributed by atoms with Crippen LogP contribution in [0.2, 0.25) is 0 Å². The second kappa shape index (κ2) is 5.73. The molecule has 0 aliphatic rings. The summed E-state index contributed by atoms with van der Waals surface area (Å²) in [5.41, 5.74) is 7.07. The standard InChI is InChI=1S/C18H16N6/c1-11-14-16(22-9-7-20-14)18(17-15(11)21-8-10-23-17)24-13-5-3-12(19-2)4-6-13/h3-10,19,24H,1-2H3. The number of anilines is 3. The zero-order valence-corrected chi connectivity index (χ0v) is 13.4. The molecule has 4 rings (SSSR count). The molecule has 0 radical (unpaired) electrons. The van der Waals surface area contributed by atoms with Crippen molar-refractivity contribution >= 4 is 39.1 Å². The minimum atomic E-state index is 0.792. The van der Waals surface area contributed by atoms with Gasteiger partial charge in [0.1, 0.15) is 11.0 Å². The zero-order chi connectivity index (χ0) is 16.5. The van der Waals surface area contributed by atoms with Gasteiger partial charge in [-0.05, 0) is 31.2 Å². The highest BCUT2D eigenvalue weighted by molar-refractivity contribution is 6.08. The summed E-state index contributed by atoms with van der Waals surface area (Å²) in [6.07, 6.45) is 6.78. The molecule has 0 aliphatic heterocycles. The van der Waals surface area contributed by atoms with Crippen LogP contribution in [-0.2, 0) is 0 Å². The summed E-state index contributed by atoms with van der Waals surface area (Å²) in [5, 5.41) is 6.55. The number of rotatable bonds is 3. The predicted octanol–water partition coefficient (Wildman–Crippen LogP) is 3.67. The number of fused-ring (bicyclic) bond motifs is 2. The Morgan fingerprint density at radius 2 is 1.12 bits per heavy atom. The van der Waals surface area contributed by atoms with Crippen molar-refractivity contribution < 1.29 is 0 Å². The summed E-state index contributed by atoms with van der Waals surface area (Å²) in [6, 6.07) is 8.04. The number of aromatic nitrogens is 4. The number of hydrogen-bond donors (Lipinski definition) is 2. The summed E-state index contributed by atoms with van der Waals surface area (Å²) >= 11 is 0. The van der Waals surface area contributed by atoms with Crippen molar-refractivity contribution in [3.05, 3.63) is 54.6 Å². The topological polar surface area (TPSA) is 75.6 Å². The fourth-order valence-electron chi connectivity index (χ4n) is 2.80. The van der Waals surface area contributed by atoms with E-state index in [4.69, 9.17) is 0 Å². The number of aryl methyl sites for hydroxylation is 1.